The molecule has 26 heavy (non-hydrogen) atoms. The summed E-state index contributed by atoms with van der Waals surface area (Å²) in [6, 6.07) is 3.93. The Labute approximate surface area is 159 Å². The van der Waals surface area contributed by atoms with Crippen molar-refractivity contribution in [3.63, 3.8) is 0 Å². The summed E-state index contributed by atoms with van der Waals surface area (Å²) in [7, 11) is 3.31. The van der Waals surface area contributed by atoms with Crippen molar-refractivity contribution in [1.82, 2.24) is 14.3 Å². The highest BCUT2D eigenvalue weighted by molar-refractivity contribution is 7.96. The molecule has 2 saturated heterocycles. The van der Waals surface area contributed by atoms with Gasteiger partial charge in [0.15, 0.2) is 11.5 Å². The number of ether oxygens (including phenoxy) is 2. The molecule has 1 aromatic carbocycles. The molecule has 0 N–H and O–H groups in total. The molecule has 0 unspecified atom stereocenters. The maximum Gasteiger partial charge on any atom is 0.162 e. The Kier molecular flexibility index (Phi) is 4.84. The van der Waals surface area contributed by atoms with Crippen LogP contribution in [0.2, 0.25) is 0 Å². The zero-order valence-electron chi connectivity index (χ0n) is 15.7. The van der Waals surface area contributed by atoms with E-state index in [0.29, 0.717) is 11.2 Å². The molecule has 1 spiro atoms. The number of anilines is 1. The highest BCUT2D eigenvalue weighted by Gasteiger charge is 2.40. The monoisotopic (exact) mass is 374 g/mol. The minimum atomic E-state index is 0.489. The number of aromatic nitrogens is 2. The van der Waals surface area contributed by atoms with E-state index in [0.717, 1.165) is 35.6 Å². The third kappa shape index (κ3) is 3.07. The Balaban J connectivity index is 1.60. The summed E-state index contributed by atoms with van der Waals surface area (Å²) >= 11 is 1.88. The zero-order valence-corrected chi connectivity index (χ0v) is 16.5. The lowest BCUT2D eigenvalue weighted by Gasteiger charge is -2.40. The van der Waals surface area contributed by atoms with Crippen molar-refractivity contribution in [3.8, 4) is 11.5 Å². The van der Waals surface area contributed by atoms with E-state index in [1.807, 2.05) is 24.1 Å². The molecule has 140 valence electrons. The first kappa shape index (κ1) is 17.7. The van der Waals surface area contributed by atoms with Crippen LogP contribution in [-0.4, -0.2) is 60.9 Å². The lowest BCUT2D eigenvalue weighted by molar-refractivity contribution is 0.237. The summed E-state index contributed by atoms with van der Waals surface area (Å²) in [5, 5.41) is 1.03. The Morgan fingerprint density at radius 3 is 2.35 bits per heavy atom. The molecule has 2 aromatic rings. The van der Waals surface area contributed by atoms with Crippen LogP contribution in [0.5, 0.6) is 11.5 Å². The van der Waals surface area contributed by atoms with Gasteiger partial charge in [0.25, 0.3) is 0 Å². The van der Waals surface area contributed by atoms with Gasteiger partial charge in [0.2, 0.25) is 0 Å². The molecular weight excluding hydrogens is 348 g/mol. The maximum atomic E-state index is 5.48. The van der Waals surface area contributed by atoms with Crippen LogP contribution < -0.4 is 14.4 Å². The second-order valence-electron chi connectivity index (χ2n) is 7.20. The van der Waals surface area contributed by atoms with Crippen molar-refractivity contribution in [2.75, 3.05) is 51.6 Å². The van der Waals surface area contributed by atoms with Crippen molar-refractivity contribution in [2.45, 2.75) is 19.3 Å². The smallest absolute Gasteiger partial charge is 0.162 e. The Morgan fingerprint density at radius 2 is 1.69 bits per heavy atom. The third-order valence-electron chi connectivity index (χ3n) is 5.90. The van der Waals surface area contributed by atoms with E-state index in [-0.39, 0.29) is 0 Å². The van der Waals surface area contributed by atoms with Gasteiger partial charge in [0.1, 0.15) is 12.1 Å². The van der Waals surface area contributed by atoms with Crippen molar-refractivity contribution >= 4 is 28.7 Å². The molecule has 4 rings (SSSR count). The average molecular weight is 375 g/mol. The van der Waals surface area contributed by atoms with E-state index >= 15 is 0 Å². The van der Waals surface area contributed by atoms with E-state index in [4.69, 9.17) is 9.47 Å². The van der Waals surface area contributed by atoms with Crippen LogP contribution in [0.1, 0.15) is 19.3 Å². The number of rotatable bonds is 4. The maximum absolute atomic E-state index is 5.48. The first-order valence-corrected chi connectivity index (χ1v) is 10.3. The summed E-state index contributed by atoms with van der Waals surface area (Å²) in [6.07, 6.45) is 7.60. The van der Waals surface area contributed by atoms with Crippen LogP contribution in [-0.2, 0) is 0 Å². The summed E-state index contributed by atoms with van der Waals surface area (Å²) in [5.74, 6) is 2.42. The minimum Gasteiger partial charge on any atom is -0.493 e. The molecular formula is C19H26N4O2S. The molecule has 6 nitrogen and oxygen atoms in total. The number of nitrogens with zero attached hydrogens (tertiary/aromatic N) is 4. The number of methoxy groups -OCH3 is 2. The summed E-state index contributed by atoms with van der Waals surface area (Å²) in [5.41, 5.74) is 1.38. The summed E-state index contributed by atoms with van der Waals surface area (Å²) in [6.45, 7) is 4.53. The predicted octanol–water partition coefficient (Wildman–Crippen LogP) is 3.22. The summed E-state index contributed by atoms with van der Waals surface area (Å²) < 4.78 is 13.4. The Morgan fingerprint density at radius 1 is 1.00 bits per heavy atom. The number of piperidine rings is 1. The van der Waals surface area contributed by atoms with Gasteiger partial charge in [-0.25, -0.2) is 9.97 Å². The van der Waals surface area contributed by atoms with Gasteiger partial charge in [-0.1, -0.05) is 11.9 Å². The van der Waals surface area contributed by atoms with Gasteiger partial charge < -0.3 is 14.4 Å². The van der Waals surface area contributed by atoms with Crippen LogP contribution in [0.25, 0.3) is 10.9 Å². The molecule has 0 bridgehead atoms. The molecule has 3 heterocycles. The second kappa shape index (κ2) is 7.12. The van der Waals surface area contributed by atoms with E-state index in [1.165, 1.54) is 32.4 Å². The SMILES string of the molecule is COc1cc2ncnc(N3CCC4(CCN(SC)C4)CC3)c2cc1OC. The predicted molar refractivity (Wildman–Crippen MR) is 106 cm³/mol. The van der Waals surface area contributed by atoms with E-state index in [2.05, 4.69) is 25.4 Å². The highest BCUT2D eigenvalue weighted by Crippen LogP contribution is 2.43. The minimum absolute atomic E-state index is 0.489. The van der Waals surface area contributed by atoms with Crippen LogP contribution in [0, 0.1) is 5.41 Å². The van der Waals surface area contributed by atoms with Crippen LogP contribution in [0.3, 0.4) is 0 Å². The molecule has 0 aliphatic carbocycles. The Bertz CT molecular complexity index is 792. The van der Waals surface area contributed by atoms with Crippen molar-refractivity contribution in [3.05, 3.63) is 18.5 Å². The van der Waals surface area contributed by atoms with E-state index in [9.17, 15) is 0 Å². The first-order chi connectivity index (χ1) is 12.7. The molecule has 0 atom stereocenters. The molecule has 0 saturated carbocycles. The van der Waals surface area contributed by atoms with Gasteiger partial charge in [-0.05, 0) is 37.0 Å². The van der Waals surface area contributed by atoms with Gasteiger partial charge in [-0.2, -0.15) is 0 Å². The molecule has 2 aliphatic rings. The number of fused-ring (bicyclic) bond motifs is 1. The molecule has 7 heteroatoms. The van der Waals surface area contributed by atoms with Crippen molar-refractivity contribution in [1.29, 1.82) is 0 Å². The highest BCUT2D eigenvalue weighted by atomic mass is 32.2. The van der Waals surface area contributed by atoms with E-state index < -0.39 is 0 Å². The average Bonchev–Trinajstić information content (AvgIpc) is 3.10. The van der Waals surface area contributed by atoms with Gasteiger partial charge in [-0.3, -0.25) is 4.31 Å². The standard InChI is InChI=1S/C19H26N4O2S/c1-24-16-10-14-15(11-17(16)25-2)20-13-21-18(14)22-7-4-19(5-8-22)6-9-23(12-19)26-3/h10-11,13H,4-9,12H2,1-3H3. The fourth-order valence-electron chi connectivity index (χ4n) is 4.27. The lowest BCUT2D eigenvalue weighted by atomic mass is 9.78. The number of hydrogen-bond acceptors (Lipinski definition) is 7. The molecule has 0 radical (unpaired) electrons. The third-order valence-corrected chi connectivity index (χ3v) is 6.73. The van der Waals surface area contributed by atoms with Crippen molar-refractivity contribution < 1.29 is 9.47 Å². The fourth-order valence-corrected chi connectivity index (χ4v) is 4.95. The van der Waals surface area contributed by atoms with Crippen molar-refractivity contribution in [2.24, 2.45) is 5.41 Å². The van der Waals surface area contributed by atoms with Crippen LogP contribution in [0.4, 0.5) is 5.82 Å². The van der Waals surface area contributed by atoms with Gasteiger partial charge in [0, 0.05) is 37.6 Å². The quantitative estimate of drug-likeness (QED) is 0.762. The van der Waals surface area contributed by atoms with Gasteiger partial charge in [-0.15, -0.1) is 0 Å². The second-order valence-corrected chi connectivity index (χ2v) is 8.09. The Hall–Kier alpha value is -1.73. The molecule has 2 aliphatic heterocycles. The normalized spacial score (nSPS) is 20.0. The molecule has 1 aromatic heterocycles. The first-order valence-electron chi connectivity index (χ1n) is 9.09. The van der Waals surface area contributed by atoms with Gasteiger partial charge in [0.05, 0.1) is 19.7 Å². The van der Waals surface area contributed by atoms with Crippen LogP contribution in [0.15, 0.2) is 18.5 Å². The van der Waals surface area contributed by atoms with Crippen LogP contribution >= 0.6 is 11.9 Å². The summed E-state index contributed by atoms with van der Waals surface area (Å²) in [4.78, 5) is 11.4. The van der Waals surface area contributed by atoms with E-state index in [1.54, 1.807) is 20.5 Å². The zero-order chi connectivity index (χ0) is 18.1. The number of benzene rings is 1. The number of hydrogen-bond donors (Lipinski definition) is 0. The molecule has 2 fully saturated rings. The largest absolute Gasteiger partial charge is 0.493 e. The molecule has 0 amide bonds. The van der Waals surface area contributed by atoms with Gasteiger partial charge >= 0.3 is 0 Å². The lowest BCUT2D eigenvalue weighted by Crippen LogP contribution is -2.41. The topological polar surface area (TPSA) is 50.7 Å². The fraction of sp³-hybridized carbons (Fsp3) is 0.579.